The molecular weight excluding hydrogens is 269 g/mol. The van der Waals surface area contributed by atoms with E-state index in [0.717, 1.165) is 28.5 Å². The molecule has 1 heterocycles. The smallest absolute Gasteiger partial charge is 0.121 e. The second-order valence-electron chi connectivity index (χ2n) is 4.23. The molecule has 2 nitrogen and oxygen atoms in total. The van der Waals surface area contributed by atoms with Crippen LogP contribution in [0.2, 0.25) is 10.0 Å². The van der Waals surface area contributed by atoms with Gasteiger partial charge in [0, 0.05) is 10.0 Å². The highest BCUT2D eigenvalue weighted by molar-refractivity contribution is 6.33. The zero-order valence-corrected chi connectivity index (χ0v) is 11.8. The summed E-state index contributed by atoms with van der Waals surface area (Å²) in [5, 5.41) is 4.65. The van der Waals surface area contributed by atoms with Gasteiger partial charge in [-0.2, -0.15) is 0 Å². The summed E-state index contributed by atoms with van der Waals surface area (Å²) >= 11 is 12.2. The van der Waals surface area contributed by atoms with Crippen LogP contribution in [-0.4, -0.2) is 7.05 Å². The van der Waals surface area contributed by atoms with Gasteiger partial charge >= 0.3 is 0 Å². The molecule has 0 fully saturated rings. The number of furan rings is 1. The normalized spacial score (nSPS) is 12.7. The molecule has 1 N–H and O–H groups in total. The Morgan fingerprint density at radius 2 is 2.00 bits per heavy atom. The van der Waals surface area contributed by atoms with Crippen LogP contribution in [-0.2, 0) is 6.42 Å². The molecule has 0 amide bonds. The van der Waals surface area contributed by atoms with E-state index in [0.29, 0.717) is 5.02 Å². The number of benzene rings is 1. The Morgan fingerprint density at radius 1 is 1.22 bits per heavy atom. The Labute approximate surface area is 117 Å². The third-order valence-electron chi connectivity index (χ3n) is 2.88. The average molecular weight is 284 g/mol. The molecule has 1 atom stereocenters. The average Bonchev–Trinajstić information content (AvgIpc) is 2.77. The Morgan fingerprint density at radius 3 is 2.61 bits per heavy atom. The molecule has 0 saturated heterocycles. The number of hydrogen-bond donors (Lipinski definition) is 1. The second-order valence-corrected chi connectivity index (χ2v) is 5.07. The first-order valence-corrected chi connectivity index (χ1v) is 6.53. The van der Waals surface area contributed by atoms with E-state index in [-0.39, 0.29) is 6.04 Å². The van der Waals surface area contributed by atoms with Crippen molar-refractivity contribution < 1.29 is 4.42 Å². The number of hydrogen-bond acceptors (Lipinski definition) is 2. The third-order valence-corrected chi connectivity index (χ3v) is 3.49. The molecule has 4 heteroatoms. The summed E-state index contributed by atoms with van der Waals surface area (Å²) in [6.07, 6.45) is 0.739. The van der Waals surface area contributed by atoms with Crippen LogP contribution in [0.4, 0.5) is 0 Å². The van der Waals surface area contributed by atoms with Gasteiger partial charge in [0.15, 0.2) is 0 Å². The highest BCUT2D eigenvalue weighted by Gasteiger charge is 2.15. The van der Waals surface area contributed by atoms with Crippen LogP contribution in [0.5, 0.6) is 0 Å². The maximum atomic E-state index is 6.17. The number of halogens is 2. The lowest BCUT2D eigenvalue weighted by Crippen LogP contribution is -2.18. The minimum atomic E-state index is 0.0923. The predicted molar refractivity (Wildman–Crippen MR) is 75.4 cm³/mol. The van der Waals surface area contributed by atoms with Gasteiger partial charge in [0.25, 0.3) is 0 Å². The van der Waals surface area contributed by atoms with Crippen molar-refractivity contribution in [2.45, 2.75) is 19.4 Å². The topological polar surface area (TPSA) is 25.2 Å². The SMILES string of the molecule is CNC(Cc1cc(Cl)ccc1Cl)c1ccc(C)o1. The molecule has 0 aliphatic carbocycles. The lowest BCUT2D eigenvalue weighted by Gasteiger charge is -2.15. The van der Waals surface area contributed by atoms with Crippen molar-refractivity contribution in [1.82, 2.24) is 5.32 Å². The van der Waals surface area contributed by atoms with Crippen LogP contribution < -0.4 is 5.32 Å². The number of aryl methyl sites for hydroxylation is 1. The zero-order chi connectivity index (χ0) is 13.1. The Balaban J connectivity index is 2.22. The number of nitrogens with one attached hydrogen (secondary N) is 1. The highest BCUT2D eigenvalue weighted by Crippen LogP contribution is 2.26. The van der Waals surface area contributed by atoms with Gasteiger partial charge in [-0.3, -0.25) is 0 Å². The summed E-state index contributed by atoms with van der Waals surface area (Å²) in [5.41, 5.74) is 1.01. The van der Waals surface area contributed by atoms with Gasteiger partial charge in [0.05, 0.1) is 6.04 Å². The van der Waals surface area contributed by atoms with Gasteiger partial charge in [0.1, 0.15) is 11.5 Å². The number of rotatable bonds is 4. The van der Waals surface area contributed by atoms with Crippen molar-refractivity contribution in [1.29, 1.82) is 0 Å². The van der Waals surface area contributed by atoms with Crippen molar-refractivity contribution in [2.24, 2.45) is 0 Å². The van der Waals surface area contributed by atoms with E-state index < -0.39 is 0 Å². The van der Waals surface area contributed by atoms with Crippen molar-refractivity contribution >= 4 is 23.2 Å². The fourth-order valence-corrected chi connectivity index (χ4v) is 2.29. The number of likely N-dealkylation sites (N-methyl/N-ethyl adjacent to an activating group) is 1. The highest BCUT2D eigenvalue weighted by atomic mass is 35.5. The molecule has 1 aromatic heterocycles. The molecule has 1 unspecified atom stereocenters. The van der Waals surface area contributed by atoms with Gasteiger partial charge in [-0.1, -0.05) is 23.2 Å². The molecule has 0 aliphatic rings. The summed E-state index contributed by atoms with van der Waals surface area (Å²) < 4.78 is 5.64. The van der Waals surface area contributed by atoms with Crippen molar-refractivity contribution in [3.63, 3.8) is 0 Å². The molecular formula is C14H15Cl2NO. The first-order valence-electron chi connectivity index (χ1n) is 5.77. The van der Waals surface area contributed by atoms with Gasteiger partial charge in [-0.05, 0) is 56.3 Å². The minimum Gasteiger partial charge on any atom is -0.465 e. The Hall–Kier alpha value is -0.960. The molecule has 0 radical (unpaired) electrons. The van der Waals surface area contributed by atoms with Gasteiger partial charge < -0.3 is 9.73 Å². The molecule has 2 rings (SSSR count). The minimum absolute atomic E-state index is 0.0923. The molecule has 0 saturated carbocycles. The first kappa shape index (κ1) is 13.5. The van der Waals surface area contributed by atoms with Crippen molar-refractivity contribution in [2.75, 3.05) is 7.05 Å². The predicted octanol–water partition coefficient (Wildman–Crippen LogP) is 4.40. The van der Waals surface area contributed by atoms with E-state index >= 15 is 0 Å². The summed E-state index contributed by atoms with van der Waals surface area (Å²) in [5.74, 6) is 1.81. The van der Waals surface area contributed by atoms with Crippen molar-refractivity contribution in [3.8, 4) is 0 Å². The molecule has 0 bridgehead atoms. The maximum Gasteiger partial charge on any atom is 0.121 e. The largest absolute Gasteiger partial charge is 0.465 e. The molecule has 0 spiro atoms. The molecule has 0 aliphatic heterocycles. The van der Waals surface area contributed by atoms with Crippen LogP contribution in [0.15, 0.2) is 34.7 Å². The lowest BCUT2D eigenvalue weighted by molar-refractivity contribution is 0.414. The fraction of sp³-hybridized carbons (Fsp3) is 0.286. The van der Waals surface area contributed by atoms with Crippen LogP contribution in [0, 0.1) is 6.92 Å². The van der Waals surface area contributed by atoms with Crippen LogP contribution >= 0.6 is 23.2 Å². The molecule has 1 aromatic carbocycles. The van der Waals surface area contributed by atoms with E-state index in [2.05, 4.69) is 5.32 Å². The monoisotopic (exact) mass is 283 g/mol. The molecule has 96 valence electrons. The zero-order valence-electron chi connectivity index (χ0n) is 10.3. The van der Waals surface area contributed by atoms with Crippen LogP contribution in [0.3, 0.4) is 0 Å². The van der Waals surface area contributed by atoms with E-state index in [9.17, 15) is 0 Å². The van der Waals surface area contributed by atoms with Gasteiger partial charge in [-0.25, -0.2) is 0 Å². The first-order chi connectivity index (χ1) is 8.60. The summed E-state index contributed by atoms with van der Waals surface area (Å²) in [4.78, 5) is 0. The lowest BCUT2D eigenvalue weighted by atomic mass is 10.0. The van der Waals surface area contributed by atoms with Crippen LogP contribution in [0.25, 0.3) is 0 Å². The standard InChI is InChI=1S/C14H15Cl2NO/c1-9-3-6-14(18-9)13(17-2)8-10-7-11(15)4-5-12(10)16/h3-7,13,17H,8H2,1-2H3. The van der Waals surface area contributed by atoms with E-state index in [1.807, 2.05) is 38.2 Å². The van der Waals surface area contributed by atoms with Gasteiger partial charge in [-0.15, -0.1) is 0 Å². The molecule has 2 aromatic rings. The second kappa shape index (κ2) is 5.79. The van der Waals surface area contributed by atoms with Crippen LogP contribution in [0.1, 0.15) is 23.1 Å². The van der Waals surface area contributed by atoms with Gasteiger partial charge in [0.2, 0.25) is 0 Å². The summed E-state index contributed by atoms with van der Waals surface area (Å²) in [7, 11) is 1.90. The van der Waals surface area contributed by atoms with Crippen molar-refractivity contribution in [3.05, 3.63) is 57.5 Å². The third kappa shape index (κ3) is 3.08. The Bertz CT molecular complexity index is 536. The maximum absolute atomic E-state index is 6.17. The van der Waals surface area contributed by atoms with E-state index in [1.165, 1.54) is 0 Å². The molecule has 18 heavy (non-hydrogen) atoms. The quantitative estimate of drug-likeness (QED) is 0.900. The fourth-order valence-electron chi connectivity index (χ4n) is 1.91. The Kier molecular flexibility index (Phi) is 4.33. The van der Waals surface area contributed by atoms with E-state index in [1.54, 1.807) is 6.07 Å². The van der Waals surface area contributed by atoms with E-state index in [4.69, 9.17) is 27.6 Å². The summed E-state index contributed by atoms with van der Waals surface area (Å²) in [6, 6.07) is 9.53. The summed E-state index contributed by atoms with van der Waals surface area (Å²) in [6.45, 7) is 1.93.